The zero-order valence-corrected chi connectivity index (χ0v) is 70.6. The average Bonchev–Trinajstić information content (AvgIpc) is 0.750. The second-order valence-corrected chi connectivity index (χ2v) is 28.8. The van der Waals surface area contributed by atoms with E-state index < -0.39 is 29.1 Å². The summed E-state index contributed by atoms with van der Waals surface area (Å²) in [7, 11) is 0. The molecule has 0 saturated heterocycles. The Labute approximate surface area is 751 Å². The average molecular weight is 1750 g/mol. The van der Waals surface area contributed by atoms with Crippen LogP contribution in [0.2, 0.25) is 0 Å². The lowest BCUT2D eigenvalue weighted by molar-refractivity contribution is -0.143. The topological polar surface area (TPSA) is 254 Å². The van der Waals surface area contributed by atoms with Gasteiger partial charge in [0.05, 0.1) is 70.4 Å². The molecule has 656 valence electrons. The van der Waals surface area contributed by atoms with Gasteiger partial charge < -0.3 is 67.1 Å². The van der Waals surface area contributed by atoms with Gasteiger partial charge in [-0.3, -0.25) is 9.59 Å². The van der Waals surface area contributed by atoms with Gasteiger partial charge in [0.1, 0.15) is 66.7 Å². The van der Waals surface area contributed by atoms with Crippen molar-refractivity contribution in [2.75, 3.05) is 98.4 Å². The lowest BCUT2D eigenvalue weighted by Crippen LogP contribution is -2.12. The standard InChI is InChI=1S/C58H52O12.C32H28O4.C13H14Cl2O4.2CH4/c1-3-53(59)67-35-11-33-63-47-23-17-43(18-24-47)57(61)69-31-9-5-7-13-41-15-27-49-45(39-41)21-29-51-55(49)56-50-28-16-42(40-46(50)22-30-52(56)66-38-37-65-51)14-8-6-10-32-70-58(62)44-19-25-48(26-20-44)64-34-12-36-68-54(60)4-2;33-17-5-1-3-7-23-9-13-27-25(21-23)11-15-29-31(27)32-28-14-10-24(8-4-2-6-18-34)22-26(28)12-16-30(32)36-20-19-35-29;14-7-6-12(16)19-9-1-8-18-11-4-2-10(3-5-11)13(15)17;;/h3-4,15-30,39-40H,1-2,5-6,9-12,31-38H2;9-16,21-22,33-34H,1-2,5-6,17-20H2;2-5H,1,6-9H2;2*1H4. The fourth-order valence-electron chi connectivity index (χ4n) is 13.1. The molecule has 13 rings (SSSR count). The molecule has 0 fully saturated rings. The Hall–Kier alpha value is -13.7. The zero-order chi connectivity index (χ0) is 87.8. The number of hydrogen-bond donors (Lipinski definition) is 2. The molecule has 22 heteroatoms. The van der Waals surface area contributed by atoms with Crippen molar-refractivity contribution in [2.45, 2.75) is 91.9 Å². The SMILES string of the molecule is C.C.C=CC(=O)OCCCOc1ccc(C(=O)OCCCC#Cc2ccc3c4c(ccc3c2)OCCOc2ccc3cc(C#CCCCOC(=O)c5ccc(OCCCOC(=O)C=C)cc5)ccc3c2-4)cc1.O=C(CCCl)OCCCOc1ccc(C(=O)Cl)cc1.OCCCC#Cc1ccc2c3c(ccc2c1)OCCOc1ccc2cc(C#CCCCO)ccc2c1-3. The Balaban J connectivity index is 0.000000263. The van der Waals surface area contributed by atoms with Gasteiger partial charge in [0.25, 0.3) is 5.24 Å². The number of alkyl halides is 1. The Morgan fingerprint density at radius 3 is 0.937 bits per heavy atom. The second-order valence-electron chi connectivity index (χ2n) is 28.1. The van der Waals surface area contributed by atoms with Crippen LogP contribution in [0.4, 0.5) is 0 Å². The molecular weight excluding hydrogens is 1650 g/mol. The molecule has 11 aromatic rings. The van der Waals surface area contributed by atoms with Gasteiger partial charge in [-0.2, -0.15) is 0 Å². The molecule has 0 spiro atoms. The molecule has 20 nitrogen and oxygen atoms in total. The van der Waals surface area contributed by atoms with Gasteiger partial charge in [0, 0.05) is 126 Å². The van der Waals surface area contributed by atoms with Crippen LogP contribution in [0.3, 0.4) is 0 Å². The first-order valence-electron chi connectivity index (χ1n) is 41.2. The van der Waals surface area contributed by atoms with Crippen molar-refractivity contribution in [2.24, 2.45) is 0 Å². The van der Waals surface area contributed by atoms with E-state index in [1.54, 1.807) is 72.8 Å². The molecule has 11 aromatic carbocycles. The van der Waals surface area contributed by atoms with Crippen molar-refractivity contribution in [3.63, 3.8) is 0 Å². The number of fused-ring (bicyclic) bond motifs is 14. The third-order valence-corrected chi connectivity index (χ3v) is 19.6. The van der Waals surface area contributed by atoms with Crippen LogP contribution < -0.4 is 33.2 Å². The normalized spacial score (nSPS) is 11.1. The lowest BCUT2D eigenvalue weighted by atomic mass is 9.91. The molecule has 0 radical (unpaired) electrons. The van der Waals surface area contributed by atoms with Gasteiger partial charge >= 0.3 is 29.8 Å². The molecule has 0 aromatic heterocycles. The second kappa shape index (κ2) is 52.2. The van der Waals surface area contributed by atoms with Crippen molar-refractivity contribution in [1.29, 1.82) is 0 Å². The van der Waals surface area contributed by atoms with E-state index in [2.05, 4.69) is 133 Å². The Morgan fingerprint density at radius 1 is 0.354 bits per heavy atom. The third kappa shape index (κ3) is 29.5. The minimum atomic E-state index is -0.502. The highest BCUT2D eigenvalue weighted by atomic mass is 35.5. The zero-order valence-electron chi connectivity index (χ0n) is 69.1. The van der Waals surface area contributed by atoms with E-state index in [9.17, 15) is 28.8 Å². The smallest absolute Gasteiger partial charge is 0.338 e. The van der Waals surface area contributed by atoms with E-state index in [1.165, 1.54) is 0 Å². The first-order chi connectivity index (χ1) is 61.2. The Morgan fingerprint density at radius 2 is 0.646 bits per heavy atom. The van der Waals surface area contributed by atoms with Crippen molar-refractivity contribution in [1.82, 2.24) is 0 Å². The summed E-state index contributed by atoms with van der Waals surface area (Å²) in [6, 6.07) is 61.1. The number of carbonyl (C=O) groups excluding carboxylic acids is 6. The first-order valence-corrected chi connectivity index (χ1v) is 42.1. The van der Waals surface area contributed by atoms with Crippen LogP contribution in [-0.4, -0.2) is 144 Å². The van der Waals surface area contributed by atoms with Crippen molar-refractivity contribution >= 4 is 101 Å². The van der Waals surface area contributed by atoms with Crippen LogP contribution in [0.5, 0.6) is 40.2 Å². The summed E-state index contributed by atoms with van der Waals surface area (Å²) in [6.45, 7) is 11.2. The van der Waals surface area contributed by atoms with Gasteiger partial charge in [0.15, 0.2) is 0 Å². The maximum Gasteiger partial charge on any atom is 0.338 e. The number of aliphatic hydroxyl groups excluding tert-OH is 2. The van der Waals surface area contributed by atoms with Crippen LogP contribution >= 0.6 is 23.2 Å². The maximum atomic E-state index is 12.6. The minimum absolute atomic E-state index is 0. The molecule has 2 aliphatic rings. The van der Waals surface area contributed by atoms with Crippen molar-refractivity contribution in [3.8, 4) is 110 Å². The number of hydrogen-bond acceptors (Lipinski definition) is 20. The van der Waals surface area contributed by atoms with Crippen molar-refractivity contribution in [3.05, 3.63) is 258 Å². The summed E-state index contributed by atoms with van der Waals surface area (Å²) in [5.74, 6) is 28.9. The summed E-state index contributed by atoms with van der Waals surface area (Å²) in [6.07, 6.45) is 9.09. The van der Waals surface area contributed by atoms with Crippen LogP contribution in [0.25, 0.3) is 65.3 Å². The number of aliphatic hydroxyl groups is 2. The van der Waals surface area contributed by atoms with E-state index in [4.69, 9.17) is 90.3 Å². The number of carbonyl (C=O) groups is 6. The maximum absolute atomic E-state index is 12.6. The lowest BCUT2D eigenvalue weighted by Gasteiger charge is -2.22. The first kappa shape index (κ1) is 97.1. The Bertz CT molecular complexity index is 5570. The number of esters is 5. The van der Waals surface area contributed by atoms with Gasteiger partial charge in [0.2, 0.25) is 0 Å². The van der Waals surface area contributed by atoms with Gasteiger partial charge in [-0.1, -0.05) is 124 Å². The summed E-state index contributed by atoms with van der Waals surface area (Å²) in [5, 5.41) is 25.8. The molecular formula is C105H102Cl2O20. The molecule has 2 aliphatic heterocycles. The van der Waals surface area contributed by atoms with E-state index in [0.717, 1.165) is 123 Å². The monoisotopic (exact) mass is 1750 g/mol. The fourth-order valence-corrected chi connectivity index (χ4v) is 13.4. The molecule has 0 saturated carbocycles. The predicted molar refractivity (Wildman–Crippen MR) is 497 cm³/mol. The highest BCUT2D eigenvalue weighted by Crippen LogP contribution is 2.49. The summed E-state index contributed by atoms with van der Waals surface area (Å²) in [4.78, 5) is 69.3. The van der Waals surface area contributed by atoms with Crippen LogP contribution in [0.15, 0.2) is 219 Å². The highest BCUT2D eigenvalue weighted by Gasteiger charge is 2.24. The predicted octanol–water partition coefficient (Wildman–Crippen LogP) is 20.4. The largest absolute Gasteiger partial charge is 0.493 e. The highest BCUT2D eigenvalue weighted by molar-refractivity contribution is 6.67. The number of benzene rings is 11. The Kier molecular flexibility index (Phi) is 39.9. The quantitative estimate of drug-likeness (QED) is 0.00756. The summed E-state index contributed by atoms with van der Waals surface area (Å²) >= 11 is 10.7. The minimum Gasteiger partial charge on any atom is -0.493 e. The molecule has 0 amide bonds. The number of rotatable bonds is 32. The fraction of sp³-hybridized carbons (Fsp3) is 0.276. The number of unbranched alkanes of at least 4 members (excludes halogenated alkanes) is 4. The van der Waals surface area contributed by atoms with Gasteiger partial charge in [-0.05, 0) is 226 Å². The molecule has 0 aliphatic carbocycles. The van der Waals surface area contributed by atoms with Gasteiger partial charge in [-0.25, -0.2) is 19.2 Å². The van der Waals surface area contributed by atoms with E-state index in [-0.39, 0.29) is 72.8 Å². The summed E-state index contributed by atoms with van der Waals surface area (Å²) in [5.41, 5.74) is 8.83. The molecule has 0 atom stereocenters. The van der Waals surface area contributed by atoms with E-state index in [0.29, 0.717) is 157 Å². The van der Waals surface area contributed by atoms with Crippen LogP contribution in [0, 0.1) is 47.4 Å². The van der Waals surface area contributed by atoms with Crippen LogP contribution in [0.1, 0.15) is 145 Å². The summed E-state index contributed by atoms with van der Waals surface area (Å²) < 4.78 is 67.2. The molecule has 2 N–H and O–H groups in total. The number of ether oxygens (including phenoxy) is 12. The van der Waals surface area contributed by atoms with Gasteiger partial charge in [-0.15, -0.1) is 11.6 Å². The number of halogens is 2. The third-order valence-electron chi connectivity index (χ3n) is 19.1. The molecule has 0 bridgehead atoms. The molecule has 2 heterocycles. The van der Waals surface area contributed by atoms with Crippen molar-refractivity contribution < 1.29 is 95.8 Å². The molecule has 127 heavy (non-hydrogen) atoms. The molecule has 0 unspecified atom stereocenters. The van der Waals surface area contributed by atoms with E-state index in [1.807, 2.05) is 48.5 Å². The van der Waals surface area contributed by atoms with Crippen LogP contribution in [-0.2, 0) is 38.1 Å². The van der Waals surface area contributed by atoms with E-state index >= 15 is 0 Å².